The van der Waals surface area contributed by atoms with E-state index in [0.717, 1.165) is 41.6 Å². The quantitative estimate of drug-likeness (QED) is 0.437. The molecule has 0 fully saturated rings. The summed E-state index contributed by atoms with van der Waals surface area (Å²) in [6, 6.07) is 17.2. The Morgan fingerprint density at radius 2 is 1.48 bits per heavy atom. The average Bonchev–Trinajstić information content (AvgIpc) is 2.81. The van der Waals surface area contributed by atoms with Gasteiger partial charge in [-0.05, 0) is 56.2 Å². The Kier molecular flexibility index (Phi) is 4.54. The van der Waals surface area contributed by atoms with Crippen molar-refractivity contribution in [2.24, 2.45) is 0 Å². The van der Waals surface area contributed by atoms with Crippen LogP contribution >= 0.6 is 0 Å². The lowest BCUT2D eigenvalue weighted by Gasteiger charge is -2.29. The van der Waals surface area contributed by atoms with E-state index in [1.54, 1.807) is 0 Å². The molecule has 0 aliphatic rings. The van der Waals surface area contributed by atoms with Crippen LogP contribution in [-0.4, -0.2) is 22.7 Å². The first-order valence-electron chi connectivity index (χ1n) is 10.9. The normalized spacial score (nSPS) is 11.7. The highest BCUT2D eigenvalue weighted by Gasteiger charge is 2.18. The molecular weight excluding hydrogens is 386 g/mol. The molecule has 5 nitrogen and oxygen atoms in total. The zero-order valence-electron chi connectivity index (χ0n) is 18.0. The summed E-state index contributed by atoms with van der Waals surface area (Å²) in [6.45, 7) is 7.89. The van der Waals surface area contributed by atoms with Crippen LogP contribution in [0, 0.1) is 0 Å². The van der Waals surface area contributed by atoms with Crippen molar-refractivity contribution in [3.63, 3.8) is 0 Å². The number of rotatable bonds is 4. The van der Waals surface area contributed by atoms with Crippen molar-refractivity contribution in [1.82, 2.24) is 9.66 Å². The van der Waals surface area contributed by atoms with Crippen LogP contribution in [0.25, 0.3) is 43.6 Å². The highest BCUT2D eigenvalue weighted by molar-refractivity contribution is 6.03. The van der Waals surface area contributed by atoms with E-state index in [9.17, 15) is 9.59 Å². The third kappa shape index (κ3) is 2.76. The maximum absolute atomic E-state index is 13.6. The monoisotopic (exact) mass is 411 g/mol. The first-order valence-corrected chi connectivity index (χ1v) is 10.9. The fraction of sp³-hybridized carbons (Fsp3) is 0.231. The van der Waals surface area contributed by atoms with E-state index in [4.69, 9.17) is 0 Å². The minimum Gasteiger partial charge on any atom is -0.354 e. The largest absolute Gasteiger partial charge is 0.354 e. The average molecular weight is 412 g/mol. The van der Waals surface area contributed by atoms with Gasteiger partial charge in [0, 0.05) is 34.8 Å². The SMILES string of the molecule is CCc1cccc2c(=O)c3cc4[nH]c5ccccc5c(=O)c4cc3n(N(CC)CC)c12. The Labute approximate surface area is 179 Å². The summed E-state index contributed by atoms with van der Waals surface area (Å²) in [4.78, 5) is 30.2. The maximum Gasteiger partial charge on any atom is 0.197 e. The highest BCUT2D eigenvalue weighted by atomic mass is 16.1. The number of nitrogens with one attached hydrogen (secondary N) is 1. The second kappa shape index (κ2) is 7.27. The van der Waals surface area contributed by atoms with Crippen molar-refractivity contribution in [1.29, 1.82) is 0 Å². The number of pyridine rings is 2. The van der Waals surface area contributed by atoms with Crippen molar-refractivity contribution in [2.75, 3.05) is 18.1 Å². The van der Waals surface area contributed by atoms with Crippen molar-refractivity contribution in [2.45, 2.75) is 27.2 Å². The predicted octanol–water partition coefficient (Wildman–Crippen LogP) is 4.69. The summed E-state index contributed by atoms with van der Waals surface area (Å²) in [6.07, 6.45) is 0.822. The molecule has 0 saturated heterocycles. The molecule has 0 aliphatic carbocycles. The van der Waals surface area contributed by atoms with Crippen LogP contribution in [0.4, 0.5) is 0 Å². The molecule has 1 N–H and O–H groups in total. The van der Waals surface area contributed by atoms with Crippen LogP contribution in [0.2, 0.25) is 0 Å². The molecule has 0 amide bonds. The number of aromatic amines is 1. The van der Waals surface area contributed by atoms with Gasteiger partial charge in [-0.1, -0.05) is 31.2 Å². The van der Waals surface area contributed by atoms with Crippen molar-refractivity contribution in [3.8, 4) is 0 Å². The van der Waals surface area contributed by atoms with Gasteiger partial charge >= 0.3 is 0 Å². The summed E-state index contributed by atoms with van der Waals surface area (Å²) in [5, 5.41) is 4.79. The van der Waals surface area contributed by atoms with E-state index in [0.29, 0.717) is 27.1 Å². The van der Waals surface area contributed by atoms with Gasteiger partial charge in [0.2, 0.25) is 0 Å². The smallest absolute Gasteiger partial charge is 0.197 e. The first kappa shape index (κ1) is 19.4. The molecule has 5 aromatic rings. The number of aryl methyl sites for hydroxylation is 1. The van der Waals surface area contributed by atoms with E-state index in [1.807, 2.05) is 48.5 Å². The lowest BCUT2D eigenvalue weighted by Crippen LogP contribution is -2.36. The molecule has 0 unspecified atom stereocenters. The number of nitrogens with zero attached hydrogens (tertiary/aromatic N) is 2. The lowest BCUT2D eigenvalue weighted by atomic mass is 10.0. The van der Waals surface area contributed by atoms with E-state index in [2.05, 4.69) is 41.5 Å². The van der Waals surface area contributed by atoms with Gasteiger partial charge in [0.1, 0.15) is 0 Å². The second-order valence-corrected chi connectivity index (χ2v) is 7.86. The number of hydrogen-bond acceptors (Lipinski definition) is 3. The zero-order chi connectivity index (χ0) is 21.7. The Morgan fingerprint density at radius 3 is 2.23 bits per heavy atom. The van der Waals surface area contributed by atoms with Crippen molar-refractivity contribution < 1.29 is 0 Å². The Morgan fingerprint density at radius 1 is 0.774 bits per heavy atom. The van der Waals surface area contributed by atoms with Crippen LogP contribution in [-0.2, 0) is 6.42 Å². The van der Waals surface area contributed by atoms with Gasteiger partial charge in [-0.2, -0.15) is 0 Å². The lowest BCUT2D eigenvalue weighted by molar-refractivity contribution is 0.652. The minimum absolute atomic E-state index is 0.000358. The molecule has 2 aromatic heterocycles. The first-order chi connectivity index (χ1) is 15.1. The Bertz CT molecular complexity index is 1590. The topological polar surface area (TPSA) is 58.1 Å². The summed E-state index contributed by atoms with van der Waals surface area (Å²) >= 11 is 0. The molecule has 5 heteroatoms. The molecule has 156 valence electrons. The van der Waals surface area contributed by atoms with Gasteiger partial charge in [0.25, 0.3) is 0 Å². The standard InChI is InChI=1S/C26H25N3O2/c1-4-16-10-9-12-18-24(16)29(28(5-2)6-3)23-15-19-22(14-20(23)26(18)31)27-21-13-8-7-11-17(21)25(19)30/h7-15H,4-6H2,1-3H3,(H,27,30). The maximum atomic E-state index is 13.6. The third-order valence-electron chi connectivity index (χ3n) is 6.26. The van der Waals surface area contributed by atoms with E-state index >= 15 is 0 Å². The number of benzene rings is 3. The van der Waals surface area contributed by atoms with Crippen LogP contribution in [0.1, 0.15) is 26.3 Å². The van der Waals surface area contributed by atoms with Crippen molar-refractivity contribution >= 4 is 43.6 Å². The summed E-state index contributed by atoms with van der Waals surface area (Å²) in [5.41, 5.74) is 4.27. The molecule has 31 heavy (non-hydrogen) atoms. The molecule has 3 aromatic carbocycles. The number of aromatic nitrogens is 2. The van der Waals surface area contributed by atoms with Crippen molar-refractivity contribution in [3.05, 3.63) is 80.6 Å². The molecule has 0 aliphatic heterocycles. The fourth-order valence-electron chi connectivity index (χ4n) is 4.69. The van der Waals surface area contributed by atoms with Gasteiger partial charge in [-0.15, -0.1) is 0 Å². The van der Waals surface area contributed by atoms with E-state index < -0.39 is 0 Å². The van der Waals surface area contributed by atoms with Gasteiger partial charge < -0.3 is 9.99 Å². The third-order valence-corrected chi connectivity index (χ3v) is 6.26. The Hall–Kier alpha value is -3.60. The zero-order valence-corrected chi connectivity index (χ0v) is 18.0. The van der Waals surface area contributed by atoms with Crippen LogP contribution in [0.15, 0.2) is 64.2 Å². The fourth-order valence-corrected chi connectivity index (χ4v) is 4.69. The molecule has 0 bridgehead atoms. The molecule has 0 spiro atoms. The number of hydrogen-bond donors (Lipinski definition) is 1. The molecule has 5 rings (SSSR count). The predicted molar refractivity (Wildman–Crippen MR) is 130 cm³/mol. The summed E-state index contributed by atoms with van der Waals surface area (Å²) in [5.74, 6) is 0. The van der Waals surface area contributed by atoms with E-state index in [-0.39, 0.29) is 10.9 Å². The molecule has 2 heterocycles. The highest BCUT2D eigenvalue weighted by Crippen LogP contribution is 2.26. The van der Waals surface area contributed by atoms with Crippen LogP contribution in [0.3, 0.4) is 0 Å². The number of para-hydroxylation sites is 2. The molecule has 0 saturated carbocycles. The van der Waals surface area contributed by atoms with Gasteiger partial charge in [-0.25, -0.2) is 0 Å². The Balaban J connectivity index is 2.07. The van der Waals surface area contributed by atoms with Gasteiger partial charge in [0.15, 0.2) is 10.9 Å². The van der Waals surface area contributed by atoms with Gasteiger partial charge in [-0.3, -0.25) is 14.3 Å². The summed E-state index contributed by atoms with van der Waals surface area (Å²) < 4.78 is 2.15. The van der Waals surface area contributed by atoms with E-state index in [1.165, 1.54) is 0 Å². The van der Waals surface area contributed by atoms with Gasteiger partial charge in [0.05, 0.1) is 21.9 Å². The van der Waals surface area contributed by atoms with Crippen LogP contribution in [0.5, 0.6) is 0 Å². The van der Waals surface area contributed by atoms with Crippen LogP contribution < -0.4 is 15.9 Å². The second-order valence-electron chi connectivity index (χ2n) is 7.86. The minimum atomic E-state index is -0.0198. The summed E-state index contributed by atoms with van der Waals surface area (Å²) in [7, 11) is 0. The molecular formula is C26H25N3O2. The molecule has 0 atom stereocenters. The number of H-pyrrole nitrogens is 1. The molecule has 0 radical (unpaired) electrons. The number of fused-ring (bicyclic) bond motifs is 4.